The van der Waals surface area contributed by atoms with Gasteiger partial charge in [0.25, 0.3) is 5.91 Å². The molecule has 2 rings (SSSR count). The number of urea groups is 1. The molecule has 0 bridgehead atoms. The number of hydrogen-bond donors (Lipinski definition) is 4. The van der Waals surface area contributed by atoms with Gasteiger partial charge in [-0.05, 0) is 43.2 Å². The molecule has 7 nitrogen and oxygen atoms in total. The van der Waals surface area contributed by atoms with Crippen LogP contribution in [0, 0.1) is 6.92 Å². The number of aryl methyl sites for hydroxylation is 1. The van der Waals surface area contributed by atoms with Crippen molar-refractivity contribution in [2.45, 2.75) is 32.7 Å². The standard InChI is InChI=1S/C20H23N3O4/c1-3-7-16(19(25)26)22-18(24)14-11-10-13(2)17(12-14)23-20(27)21-15-8-5-4-6-9-15/h4-6,8-12,16H,3,7H2,1-2H3,(H,22,24)(H,25,26)(H2,21,23,27). The van der Waals surface area contributed by atoms with Gasteiger partial charge in [-0.2, -0.15) is 0 Å². The van der Waals surface area contributed by atoms with Gasteiger partial charge in [-0.15, -0.1) is 0 Å². The fourth-order valence-corrected chi connectivity index (χ4v) is 2.49. The van der Waals surface area contributed by atoms with Crippen LogP contribution in [0.15, 0.2) is 48.5 Å². The number of rotatable bonds is 7. The number of anilines is 2. The summed E-state index contributed by atoms with van der Waals surface area (Å²) >= 11 is 0. The summed E-state index contributed by atoms with van der Waals surface area (Å²) in [4.78, 5) is 35.8. The number of carbonyl (C=O) groups is 3. The highest BCUT2D eigenvalue weighted by molar-refractivity contribution is 6.02. The summed E-state index contributed by atoms with van der Waals surface area (Å²) in [5, 5.41) is 17.1. The van der Waals surface area contributed by atoms with Crippen molar-refractivity contribution in [3.63, 3.8) is 0 Å². The summed E-state index contributed by atoms with van der Waals surface area (Å²) in [5.74, 6) is -1.57. The zero-order valence-electron chi connectivity index (χ0n) is 15.3. The van der Waals surface area contributed by atoms with Crippen LogP contribution in [-0.4, -0.2) is 29.1 Å². The minimum Gasteiger partial charge on any atom is -0.480 e. The number of hydrogen-bond acceptors (Lipinski definition) is 3. The van der Waals surface area contributed by atoms with E-state index in [0.29, 0.717) is 24.2 Å². The number of carboxylic acid groups (broad SMARTS) is 1. The van der Waals surface area contributed by atoms with E-state index in [1.165, 1.54) is 6.07 Å². The molecule has 0 heterocycles. The first-order valence-corrected chi connectivity index (χ1v) is 8.68. The zero-order valence-corrected chi connectivity index (χ0v) is 15.3. The molecule has 0 aromatic heterocycles. The van der Waals surface area contributed by atoms with Gasteiger partial charge >= 0.3 is 12.0 Å². The lowest BCUT2D eigenvalue weighted by Crippen LogP contribution is -2.40. The molecule has 0 fully saturated rings. The first-order chi connectivity index (χ1) is 12.9. The monoisotopic (exact) mass is 369 g/mol. The summed E-state index contributed by atoms with van der Waals surface area (Å²) in [5.41, 5.74) is 2.17. The molecule has 0 spiro atoms. The number of carboxylic acids is 1. The molecule has 0 radical (unpaired) electrons. The van der Waals surface area contributed by atoms with Crippen LogP contribution >= 0.6 is 0 Å². The Morgan fingerprint density at radius 3 is 2.37 bits per heavy atom. The molecule has 0 saturated carbocycles. The van der Waals surface area contributed by atoms with Gasteiger partial charge in [-0.1, -0.05) is 37.6 Å². The van der Waals surface area contributed by atoms with Gasteiger partial charge in [0.1, 0.15) is 6.04 Å². The number of para-hydroxylation sites is 1. The average Bonchev–Trinajstić information content (AvgIpc) is 2.63. The van der Waals surface area contributed by atoms with Crippen molar-refractivity contribution in [2.75, 3.05) is 10.6 Å². The van der Waals surface area contributed by atoms with E-state index in [9.17, 15) is 19.5 Å². The Balaban J connectivity index is 2.09. The van der Waals surface area contributed by atoms with Crippen LogP contribution in [0.3, 0.4) is 0 Å². The minimum atomic E-state index is -1.07. The number of aliphatic carboxylic acids is 1. The van der Waals surface area contributed by atoms with Crippen molar-refractivity contribution in [3.8, 4) is 0 Å². The third-order valence-corrected chi connectivity index (χ3v) is 3.96. The van der Waals surface area contributed by atoms with E-state index in [2.05, 4.69) is 16.0 Å². The maximum absolute atomic E-state index is 12.4. The lowest BCUT2D eigenvalue weighted by molar-refractivity contribution is -0.139. The predicted molar refractivity (Wildman–Crippen MR) is 104 cm³/mol. The fraction of sp³-hybridized carbons (Fsp3) is 0.250. The smallest absolute Gasteiger partial charge is 0.326 e. The van der Waals surface area contributed by atoms with E-state index >= 15 is 0 Å². The predicted octanol–water partition coefficient (Wildman–Crippen LogP) is 3.62. The van der Waals surface area contributed by atoms with Crippen LogP contribution in [0.2, 0.25) is 0 Å². The van der Waals surface area contributed by atoms with Crippen LogP contribution in [0.25, 0.3) is 0 Å². The first kappa shape index (κ1) is 20.0. The second-order valence-electron chi connectivity index (χ2n) is 6.13. The number of amides is 3. The van der Waals surface area contributed by atoms with Crippen molar-refractivity contribution in [1.29, 1.82) is 0 Å². The number of carbonyl (C=O) groups excluding carboxylic acids is 2. The van der Waals surface area contributed by atoms with E-state index in [0.717, 1.165) is 5.56 Å². The Hall–Kier alpha value is -3.35. The van der Waals surface area contributed by atoms with Crippen molar-refractivity contribution in [1.82, 2.24) is 5.32 Å². The van der Waals surface area contributed by atoms with Gasteiger partial charge in [0.15, 0.2) is 0 Å². The Bertz CT molecular complexity index is 821. The van der Waals surface area contributed by atoms with E-state index in [1.54, 1.807) is 43.3 Å². The molecule has 0 saturated heterocycles. The minimum absolute atomic E-state index is 0.276. The lowest BCUT2D eigenvalue weighted by atomic mass is 10.1. The Labute approximate surface area is 157 Å². The first-order valence-electron chi connectivity index (χ1n) is 8.68. The Morgan fingerprint density at radius 1 is 1.04 bits per heavy atom. The summed E-state index contributed by atoms with van der Waals surface area (Å²) in [7, 11) is 0. The van der Waals surface area contributed by atoms with Crippen molar-refractivity contribution in [2.24, 2.45) is 0 Å². The molecule has 7 heteroatoms. The maximum Gasteiger partial charge on any atom is 0.326 e. The highest BCUT2D eigenvalue weighted by atomic mass is 16.4. The average molecular weight is 369 g/mol. The zero-order chi connectivity index (χ0) is 19.8. The van der Waals surface area contributed by atoms with Crippen LogP contribution < -0.4 is 16.0 Å². The van der Waals surface area contributed by atoms with Gasteiger partial charge in [0, 0.05) is 16.9 Å². The molecular weight excluding hydrogens is 346 g/mol. The molecule has 1 unspecified atom stereocenters. The molecule has 27 heavy (non-hydrogen) atoms. The van der Waals surface area contributed by atoms with Crippen molar-refractivity contribution < 1.29 is 19.5 Å². The quantitative estimate of drug-likeness (QED) is 0.598. The van der Waals surface area contributed by atoms with Crippen LogP contribution in [0.5, 0.6) is 0 Å². The molecule has 0 aliphatic carbocycles. The Kier molecular flexibility index (Phi) is 6.93. The second kappa shape index (κ2) is 9.38. The third kappa shape index (κ3) is 5.85. The van der Waals surface area contributed by atoms with Crippen LogP contribution in [0.1, 0.15) is 35.7 Å². The second-order valence-corrected chi connectivity index (χ2v) is 6.13. The maximum atomic E-state index is 12.4. The molecule has 1 atom stereocenters. The summed E-state index contributed by atoms with van der Waals surface area (Å²) < 4.78 is 0. The molecule has 3 amide bonds. The normalized spacial score (nSPS) is 11.3. The largest absolute Gasteiger partial charge is 0.480 e. The van der Waals surface area contributed by atoms with Crippen LogP contribution in [-0.2, 0) is 4.79 Å². The molecule has 2 aromatic rings. The summed E-state index contributed by atoms with van der Waals surface area (Å²) in [6.45, 7) is 3.65. The van der Waals surface area contributed by atoms with E-state index in [1.807, 2.05) is 13.0 Å². The van der Waals surface area contributed by atoms with E-state index in [-0.39, 0.29) is 5.56 Å². The third-order valence-electron chi connectivity index (χ3n) is 3.96. The molecule has 142 valence electrons. The molecule has 2 aromatic carbocycles. The molecule has 0 aliphatic heterocycles. The van der Waals surface area contributed by atoms with Crippen LogP contribution in [0.4, 0.5) is 16.2 Å². The SMILES string of the molecule is CCCC(NC(=O)c1ccc(C)c(NC(=O)Nc2ccccc2)c1)C(=O)O. The van der Waals surface area contributed by atoms with Gasteiger partial charge in [-0.25, -0.2) is 9.59 Å². The van der Waals surface area contributed by atoms with E-state index in [4.69, 9.17) is 0 Å². The van der Waals surface area contributed by atoms with Gasteiger partial charge in [0.05, 0.1) is 0 Å². The van der Waals surface area contributed by atoms with Crippen molar-refractivity contribution in [3.05, 3.63) is 59.7 Å². The summed E-state index contributed by atoms with van der Waals surface area (Å²) in [6.07, 6.45) is 0.981. The van der Waals surface area contributed by atoms with E-state index < -0.39 is 23.9 Å². The fourth-order valence-electron chi connectivity index (χ4n) is 2.49. The lowest BCUT2D eigenvalue weighted by Gasteiger charge is -2.15. The van der Waals surface area contributed by atoms with Gasteiger partial charge in [-0.3, -0.25) is 4.79 Å². The van der Waals surface area contributed by atoms with Gasteiger partial charge in [0.2, 0.25) is 0 Å². The molecule has 4 N–H and O–H groups in total. The number of benzene rings is 2. The van der Waals surface area contributed by atoms with Gasteiger partial charge < -0.3 is 21.1 Å². The highest BCUT2D eigenvalue weighted by Gasteiger charge is 2.20. The summed E-state index contributed by atoms with van der Waals surface area (Å²) in [6, 6.07) is 12.4. The molecule has 0 aliphatic rings. The topological polar surface area (TPSA) is 108 Å². The number of nitrogens with one attached hydrogen (secondary N) is 3. The van der Waals surface area contributed by atoms with Crippen molar-refractivity contribution >= 4 is 29.3 Å². The highest BCUT2D eigenvalue weighted by Crippen LogP contribution is 2.18. The molecular formula is C20H23N3O4. The Morgan fingerprint density at radius 2 is 1.74 bits per heavy atom.